The van der Waals surface area contributed by atoms with Crippen LogP contribution in [-0.2, 0) is 4.79 Å². The summed E-state index contributed by atoms with van der Waals surface area (Å²) in [4.78, 5) is 25.0. The van der Waals surface area contributed by atoms with Crippen molar-refractivity contribution in [2.75, 3.05) is 20.2 Å². The predicted molar refractivity (Wildman–Crippen MR) is 72.2 cm³/mol. The maximum atomic E-state index is 13.9. The topological polar surface area (TPSA) is 92.9 Å². The number of benzene rings is 1. The van der Waals surface area contributed by atoms with E-state index < -0.39 is 23.2 Å². The Kier molecular flexibility index (Phi) is 4.13. The Hall–Kier alpha value is -2.15. The standard InChI is InChI=1S/C14H17FN2O4/c1-21-10-5-2-4-9(15)11(10)12(18)17-7-3-6-14(20,8-17)13(16)19/h2,4-5,20H,3,6-8H2,1H3,(H2,16,19)/t14-/m0/s1. The number of hydrogen-bond donors (Lipinski definition) is 2. The maximum Gasteiger partial charge on any atom is 0.260 e. The molecule has 0 unspecified atom stereocenters. The van der Waals surface area contributed by atoms with E-state index in [0.717, 1.165) is 6.07 Å². The maximum absolute atomic E-state index is 13.9. The molecule has 2 rings (SSSR count). The van der Waals surface area contributed by atoms with Gasteiger partial charge in [-0.05, 0) is 25.0 Å². The third-order valence-corrected chi connectivity index (χ3v) is 3.63. The molecule has 1 heterocycles. The van der Waals surface area contributed by atoms with Crippen molar-refractivity contribution in [1.82, 2.24) is 4.90 Å². The van der Waals surface area contributed by atoms with E-state index in [-0.39, 0.29) is 24.3 Å². The van der Waals surface area contributed by atoms with Gasteiger partial charge < -0.3 is 20.5 Å². The van der Waals surface area contributed by atoms with Crippen LogP contribution < -0.4 is 10.5 Å². The predicted octanol–water partition coefficient (Wildman–Crippen LogP) is 0.287. The molecule has 1 atom stereocenters. The molecule has 1 aliphatic heterocycles. The van der Waals surface area contributed by atoms with E-state index in [1.165, 1.54) is 24.1 Å². The minimum absolute atomic E-state index is 0.105. The van der Waals surface area contributed by atoms with Gasteiger partial charge in [-0.3, -0.25) is 9.59 Å². The van der Waals surface area contributed by atoms with E-state index in [1.807, 2.05) is 0 Å². The van der Waals surface area contributed by atoms with Gasteiger partial charge in [0.25, 0.3) is 11.8 Å². The molecule has 7 heteroatoms. The number of carbonyl (C=O) groups excluding carboxylic acids is 2. The van der Waals surface area contributed by atoms with Gasteiger partial charge >= 0.3 is 0 Å². The number of nitrogens with two attached hydrogens (primary N) is 1. The number of β-amino-alcohol motifs (C(OH)–C–C–N with tert-alkyl or cyclic N) is 1. The van der Waals surface area contributed by atoms with Gasteiger partial charge in [-0.2, -0.15) is 0 Å². The number of halogens is 1. The number of rotatable bonds is 3. The fraction of sp³-hybridized carbons (Fsp3) is 0.429. The second-order valence-corrected chi connectivity index (χ2v) is 5.04. The van der Waals surface area contributed by atoms with Crippen LogP contribution >= 0.6 is 0 Å². The van der Waals surface area contributed by atoms with Crippen molar-refractivity contribution in [3.63, 3.8) is 0 Å². The van der Waals surface area contributed by atoms with E-state index in [9.17, 15) is 19.1 Å². The summed E-state index contributed by atoms with van der Waals surface area (Å²) in [6.07, 6.45) is 0.586. The summed E-state index contributed by atoms with van der Waals surface area (Å²) in [6.45, 7) is 0.0601. The van der Waals surface area contributed by atoms with Crippen molar-refractivity contribution in [1.29, 1.82) is 0 Å². The average Bonchev–Trinajstić information content (AvgIpc) is 2.46. The first-order valence-corrected chi connectivity index (χ1v) is 6.53. The van der Waals surface area contributed by atoms with Gasteiger partial charge in [-0.15, -0.1) is 0 Å². The van der Waals surface area contributed by atoms with Gasteiger partial charge in [0.1, 0.15) is 17.1 Å². The Labute approximate surface area is 121 Å². The Bertz CT molecular complexity index is 578. The number of nitrogens with zero attached hydrogens (tertiary/aromatic N) is 1. The van der Waals surface area contributed by atoms with Gasteiger partial charge in [0.15, 0.2) is 5.60 Å². The molecule has 0 saturated carbocycles. The Morgan fingerprint density at radius 3 is 2.81 bits per heavy atom. The summed E-state index contributed by atoms with van der Waals surface area (Å²) >= 11 is 0. The number of piperidine rings is 1. The molecule has 0 spiro atoms. The number of ether oxygens (including phenoxy) is 1. The highest BCUT2D eigenvalue weighted by Gasteiger charge is 2.41. The van der Waals surface area contributed by atoms with Gasteiger partial charge in [0.2, 0.25) is 0 Å². The van der Waals surface area contributed by atoms with Gasteiger partial charge in [-0.1, -0.05) is 6.07 Å². The normalized spacial score (nSPS) is 22.0. The van der Waals surface area contributed by atoms with E-state index in [4.69, 9.17) is 10.5 Å². The zero-order chi connectivity index (χ0) is 15.6. The lowest BCUT2D eigenvalue weighted by Crippen LogP contribution is -2.57. The van der Waals surface area contributed by atoms with Crippen LogP contribution in [0.5, 0.6) is 5.75 Å². The molecule has 1 aromatic rings. The SMILES string of the molecule is COc1cccc(F)c1C(=O)N1CCC[C@@](O)(C(N)=O)C1. The smallest absolute Gasteiger partial charge is 0.260 e. The minimum Gasteiger partial charge on any atom is -0.496 e. The number of amides is 2. The van der Waals surface area contributed by atoms with Gasteiger partial charge in [0.05, 0.1) is 13.7 Å². The molecule has 1 fully saturated rings. The second kappa shape index (κ2) is 5.69. The Morgan fingerprint density at radius 1 is 1.48 bits per heavy atom. The molecule has 6 nitrogen and oxygen atoms in total. The van der Waals surface area contributed by atoms with Crippen LogP contribution in [0.2, 0.25) is 0 Å². The first-order valence-electron chi connectivity index (χ1n) is 6.53. The summed E-state index contributed by atoms with van der Waals surface area (Å²) in [5.74, 6) is -2.13. The summed E-state index contributed by atoms with van der Waals surface area (Å²) in [7, 11) is 1.33. The lowest BCUT2D eigenvalue weighted by molar-refractivity contribution is -0.140. The highest BCUT2D eigenvalue weighted by atomic mass is 19.1. The highest BCUT2D eigenvalue weighted by Crippen LogP contribution is 2.27. The largest absolute Gasteiger partial charge is 0.496 e. The van der Waals surface area contributed by atoms with E-state index in [0.29, 0.717) is 13.0 Å². The zero-order valence-electron chi connectivity index (χ0n) is 11.6. The van der Waals surface area contributed by atoms with Crippen molar-refractivity contribution in [3.8, 4) is 5.75 Å². The molecule has 1 saturated heterocycles. The fourth-order valence-corrected chi connectivity index (χ4v) is 2.45. The molecule has 2 amide bonds. The Morgan fingerprint density at radius 2 is 2.19 bits per heavy atom. The van der Waals surface area contributed by atoms with Crippen molar-refractivity contribution < 1.29 is 23.8 Å². The number of methoxy groups -OCH3 is 1. The Balaban J connectivity index is 2.31. The number of hydrogen-bond acceptors (Lipinski definition) is 4. The van der Waals surface area contributed by atoms with Gasteiger partial charge in [-0.25, -0.2) is 4.39 Å². The molecule has 0 aromatic heterocycles. The third kappa shape index (κ3) is 2.82. The van der Waals surface area contributed by atoms with E-state index in [2.05, 4.69) is 0 Å². The monoisotopic (exact) mass is 296 g/mol. The molecule has 1 aliphatic rings. The van der Waals surface area contributed by atoms with Crippen molar-refractivity contribution in [2.24, 2.45) is 5.73 Å². The van der Waals surface area contributed by atoms with Crippen molar-refractivity contribution >= 4 is 11.8 Å². The van der Waals surface area contributed by atoms with Crippen molar-refractivity contribution in [2.45, 2.75) is 18.4 Å². The number of primary amides is 1. The molecular formula is C14H17FN2O4. The lowest BCUT2D eigenvalue weighted by Gasteiger charge is -2.37. The summed E-state index contributed by atoms with van der Waals surface area (Å²) < 4.78 is 18.9. The molecule has 0 bridgehead atoms. The molecule has 1 aromatic carbocycles. The highest BCUT2D eigenvalue weighted by molar-refractivity contribution is 5.98. The summed E-state index contributed by atoms with van der Waals surface area (Å²) in [5.41, 5.74) is 3.18. The van der Waals surface area contributed by atoms with Crippen LogP contribution in [0.25, 0.3) is 0 Å². The zero-order valence-corrected chi connectivity index (χ0v) is 11.6. The van der Waals surface area contributed by atoms with E-state index >= 15 is 0 Å². The van der Waals surface area contributed by atoms with Gasteiger partial charge in [0, 0.05) is 6.54 Å². The molecule has 0 radical (unpaired) electrons. The second-order valence-electron chi connectivity index (χ2n) is 5.04. The summed E-state index contributed by atoms with van der Waals surface area (Å²) in [6, 6.07) is 4.06. The first-order chi connectivity index (χ1) is 9.89. The van der Waals surface area contributed by atoms with Crippen LogP contribution in [0.4, 0.5) is 4.39 Å². The quantitative estimate of drug-likeness (QED) is 0.838. The third-order valence-electron chi connectivity index (χ3n) is 3.63. The average molecular weight is 296 g/mol. The number of carbonyl (C=O) groups is 2. The first kappa shape index (κ1) is 15.2. The fourth-order valence-electron chi connectivity index (χ4n) is 2.45. The van der Waals surface area contributed by atoms with Crippen molar-refractivity contribution in [3.05, 3.63) is 29.6 Å². The van der Waals surface area contributed by atoms with Crippen LogP contribution in [0.1, 0.15) is 23.2 Å². The van der Waals surface area contributed by atoms with Crippen LogP contribution in [0.15, 0.2) is 18.2 Å². The number of likely N-dealkylation sites (tertiary alicyclic amines) is 1. The van der Waals surface area contributed by atoms with E-state index in [1.54, 1.807) is 0 Å². The molecule has 21 heavy (non-hydrogen) atoms. The van der Waals surface area contributed by atoms with Crippen LogP contribution in [0, 0.1) is 5.82 Å². The molecular weight excluding hydrogens is 279 g/mol. The molecule has 114 valence electrons. The van der Waals surface area contributed by atoms with Crippen LogP contribution in [0.3, 0.4) is 0 Å². The minimum atomic E-state index is -1.77. The molecule has 3 N–H and O–H groups in total. The molecule has 0 aliphatic carbocycles. The van der Waals surface area contributed by atoms with Crippen LogP contribution in [-0.4, -0.2) is 47.6 Å². The summed E-state index contributed by atoms with van der Waals surface area (Å²) in [5, 5.41) is 10.1. The lowest BCUT2D eigenvalue weighted by atomic mass is 9.91. The number of aliphatic hydroxyl groups is 1.